The number of benzene rings is 2. The molecule has 0 fully saturated rings. The number of fused-ring (bicyclic) bond motifs is 3. The molecule has 4 rings (SSSR count). The van der Waals surface area contributed by atoms with Gasteiger partial charge in [-0.25, -0.2) is 0 Å². The molecule has 130 valence electrons. The largest absolute Gasteiger partial charge is 0.508 e. The summed E-state index contributed by atoms with van der Waals surface area (Å²) in [7, 11) is 0. The van der Waals surface area contributed by atoms with E-state index in [1.807, 2.05) is 24.3 Å². The molecule has 3 nitrogen and oxygen atoms in total. The van der Waals surface area contributed by atoms with E-state index in [1.54, 1.807) is 6.07 Å². The van der Waals surface area contributed by atoms with Crippen molar-refractivity contribution in [2.45, 2.75) is 38.1 Å². The molecule has 0 saturated heterocycles. The summed E-state index contributed by atoms with van der Waals surface area (Å²) in [6, 6.07) is 14.1. The second-order valence-corrected chi connectivity index (χ2v) is 6.96. The molecule has 0 bridgehead atoms. The Kier molecular flexibility index (Phi) is 4.39. The fourth-order valence-electron chi connectivity index (χ4n) is 4.10. The number of anilines is 1. The third-order valence-electron chi connectivity index (χ3n) is 5.39. The van der Waals surface area contributed by atoms with E-state index in [4.69, 9.17) is 4.74 Å². The van der Waals surface area contributed by atoms with E-state index in [0.29, 0.717) is 17.6 Å². The normalized spacial score (nSPS) is 23.6. The molecule has 3 unspecified atom stereocenters. The summed E-state index contributed by atoms with van der Waals surface area (Å²) in [6.07, 6.45) is 7.78. The predicted octanol–water partition coefficient (Wildman–Crippen LogP) is 5.40. The minimum Gasteiger partial charge on any atom is -0.508 e. The maximum absolute atomic E-state index is 10.4. The minimum atomic E-state index is 0.0876. The zero-order chi connectivity index (χ0) is 17.2. The highest BCUT2D eigenvalue weighted by Crippen LogP contribution is 2.53. The number of unbranched alkanes of at least 4 members (excludes halogenated alkanes) is 1. The lowest BCUT2D eigenvalue weighted by Gasteiger charge is -2.38. The molecule has 25 heavy (non-hydrogen) atoms. The van der Waals surface area contributed by atoms with Crippen molar-refractivity contribution in [1.29, 1.82) is 0 Å². The molecule has 2 aliphatic rings. The maximum atomic E-state index is 10.4. The van der Waals surface area contributed by atoms with E-state index >= 15 is 0 Å². The van der Waals surface area contributed by atoms with Crippen LogP contribution in [0, 0.1) is 5.92 Å². The second kappa shape index (κ2) is 6.83. The highest BCUT2D eigenvalue weighted by molar-refractivity contribution is 5.68. The van der Waals surface area contributed by atoms with Gasteiger partial charge in [0.15, 0.2) is 0 Å². The molecule has 0 radical (unpaired) electrons. The Bertz CT molecular complexity index is 783. The fourth-order valence-corrected chi connectivity index (χ4v) is 4.10. The van der Waals surface area contributed by atoms with Crippen LogP contribution in [0.4, 0.5) is 5.69 Å². The number of para-hydroxylation sites is 2. The van der Waals surface area contributed by atoms with E-state index in [-0.39, 0.29) is 6.04 Å². The van der Waals surface area contributed by atoms with Crippen LogP contribution in [-0.4, -0.2) is 11.7 Å². The maximum Gasteiger partial charge on any atom is 0.142 e. The fraction of sp³-hybridized carbons (Fsp3) is 0.364. The van der Waals surface area contributed by atoms with E-state index in [9.17, 15) is 5.11 Å². The lowest BCUT2D eigenvalue weighted by Crippen LogP contribution is -2.29. The third kappa shape index (κ3) is 2.88. The number of phenols is 1. The molecule has 0 aromatic heterocycles. The molecule has 2 aromatic rings. The van der Waals surface area contributed by atoms with E-state index in [2.05, 4.69) is 36.5 Å². The van der Waals surface area contributed by atoms with Crippen molar-refractivity contribution < 1.29 is 9.84 Å². The molecule has 1 aliphatic carbocycles. The summed E-state index contributed by atoms with van der Waals surface area (Å²) in [5, 5.41) is 14.1. The zero-order valence-electron chi connectivity index (χ0n) is 14.6. The number of allylic oxidation sites excluding steroid dienone is 2. The monoisotopic (exact) mass is 335 g/mol. The van der Waals surface area contributed by atoms with Crippen LogP contribution in [-0.2, 0) is 0 Å². The van der Waals surface area contributed by atoms with Crippen LogP contribution in [0.2, 0.25) is 0 Å². The highest BCUT2D eigenvalue weighted by Gasteiger charge is 2.39. The van der Waals surface area contributed by atoms with Crippen LogP contribution in [0.15, 0.2) is 54.6 Å². The Morgan fingerprint density at radius 3 is 2.80 bits per heavy atom. The van der Waals surface area contributed by atoms with Gasteiger partial charge in [-0.05, 0) is 36.5 Å². The van der Waals surface area contributed by atoms with Gasteiger partial charge in [0, 0.05) is 11.5 Å². The van der Waals surface area contributed by atoms with Gasteiger partial charge in [-0.15, -0.1) is 0 Å². The Labute approximate surface area is 149 Å². The minimum absolute atomic E-state index is 0.0876. The first kappa shape index (κ1) is 16.1. The standard InChI is InChI=1S/C22H25NO2/c1-2-3-14-25-20-13-7-11-17-15-9-6-10-16(15)21(23-22(17)20)18-8-4-5-12-19(18)24/h4-9,11-13,15-16,21,23-24H,2-3,10,14H2,1H3. The molecule has 2 N–H and O–H groups in total. The number of rotatable bonds is 5. The molecule has 2 aromatic carbocycles. The van der Waals surface area contributed by atoms with Crippen molar-refractivity contribution in [3.05, 3.63) is 65.7 Å². The topological polar surface area (TPSA) is 41.5 Å². The van der Waals surface area contributed by atoms with Gasteiger partial charge in [0.25, 0.3) is 0 Å². The average Bonchev–Trinajstić information content (AvgIpc) is 3.12. The molecule has 1 heterocycles. The van der Waals surface area contributed by atoms with Crippen LogP contribution in [0.3, 0.4) is 0 Å². The van der Waals surface area contributed by atoms with Crippen molar-refractivity contribution >= 4 is 5.69 Å². The quantitative estimate of drug-likeness (QED) is 0.568. The highest BCUT2D eigenvalue weighted by atomic mass is 16.5. The first-order valence-electron chi connectivity index (χ1n) is 9.26. The van der Waals surface area contributed by atoms with E-state index in [1.165, 1.54) is 5.56 Å². The van der Waals surface area contributed by atoms with Gasteiger partial charge in [0.1, 0.15) is 11.5 Å². The zero-order valence-corrected chi connectivity index (χ0v) is 14.6. The average molecular weight is 335 g/mol. The van der Waals surface area contributed by atoms with Gasteiger partial charge in [0.05, 0.1) is 18.3 Å². The van der Waals surface area contributed by atoms with E-state index < -0.39 is 0 Å². The smallest absolute Gasteiger partial charge is 0.142 e. The number of hydrogen-bond donors (Lipinski definition) is 2. The summed E-state index contributed by atoms with van der Waals surface area (Å²) in [5.41, 5.74) is 3.36. The molecular weight excluding hydrogens is 310 g/mol. The molecule has 1 aliphatic heterocycles. The Balaban J connectivity index is 1.73. The number of hydrogen-bond acceptors (Lipinski definition) is 3. The van der Waals surface area contributed by atoms with Crippen LogP contribution < -0.4 is 10.1 Å². The first-order chi connectivity index (χ1) is 12.3. The van der Waals surface area contributed by atoms with Crippen LogP contribution in [0.5, 0.6) is 11.5 Å². The third-order valence-corrected chi connectivity index (χ3v) is 5.39. The summed E-state index contributed by atoms with van der Waals surface area (Å²) >= 11 is 0. The van der Waals surface area contributed by atoms with E-state index in [0.717, 1.165) is 42.9 Å². The summed E-state index contributed by atoms with van der Waals surface area (Å²) in [4.78, 5) is 0. The number of ether oxygens (including phenoxy) is 1. The van der Waals surface area contributed by atoms with Gasteiger partial charge in [-0.2, -0.15) is 0 Å². The summed E-state index contributed by atoms with van der Waals surface area (Å²) in [5.74, 6) is 2.07. The molecule has 3 heteroatoms. The first-order valence-corrected chi connectivity index (χ1v) is 9.26. The number of phenolic OH excluding ortho intramolecular Hbond substituents is 1. The van der Waals surface area contributed by atoms with Crippen LogP contribution in [0.25, 0.3) is 0 Å². The van der Waals surface area contributed by atoms with Crippen molar-refractivity contribution in [2.24, 2.45) is 5.92 Å². The molecule has 0 amide bonds. The second-order valence-electron chi connectivity index (χ2n) is 6.96. The molecule has 0 spiro atoms. The van der Waals surface area contributed by atoms with Crippen molar-refractivity contribution in [3.63, 3.8) is 0 Å². The Morgan fingerprint density at radius 1 is 1.12 bits per heavy atom. The SMILES string of the molecule is CCCCOc1cccc2c1NC(c1ccccc1O)C1CC=CC21. The Morgan fingerprint density at radius 2 is 1.96 bits per heavy atom. The summed E-state index contributed by atoms with van der Waals surface area (Å²) < 4.78 is 6.06. The van der Waals surface area contributed by atoms with Crippen molar-refractivity contribution in [2.75, 3.05) is 11.9 Å². The van der Waals surface area contributed by atoms with Crippen molar-refractivity contribution in [1.82, 2.24) is 0 Å². The van der Waals surface area contributed by atoms with Gasteiger partial charge < -0.3 is 15.2 Å². The lowest BCUT2D eigenvalue weighted by molar-refractivity contribution is 0.307. The van der Waals surface area contributed by atoms with Crippen molar-refractivity contribution in [3.8, 4) is 11.5 Å². The molecule has 0 saturated carbocycles. The van der Waals surface area contributed by atoms with Gasteiger partial charge in [-0.3, -0.25) is 0 Å². The number of nitrogens with one attached hydrogen (secondary N) is 1. The molecular formula is C22H25NO2. The molecule has 3 atom stereocenters. The Hall–Kier alpha value is -2.42. The number of aromatic hydroxyl groups is 1. The predicted molar refractivity (Wildman–Crippen MR) is 101 cm³/mol. The van der Waals surface area contributed by atoms with Gasteiger partial charge in [0.2, 0.25) is 0 Å². The summed E-state index contributed by atoms with van der Waals surface area (Å²) in [6.45, 7) is 2.91. The van der Waals surface area contributed by atoms with Crippen LogP contribution >= 0.6 is 0 Å². The van der Waals surface area contributed by atoms with Crippen LogP contribution in [0.1, 0.15) is 49.3 Å². The van der Waals surface area contributed by atoms with Gasteiger partial charge in [-0.1, -0.05) is 55.8 Å². The lowest BCUT2D eigenvalue weighted by atomic mass is 9.76. The van der Waals surface area contributed by atoms with Gasteiger partial charge >= 0.3 is 0 Å².